The van der Waals surface area contributed by atoms with Crippen LogP contribution in [-0.4, -0.2) is 9.55 Å². The fourth-order valence-electron chi connectivity index (χ4n) is 2.13. The second kappa shape index (κ2) is 4.65. The number of halogens is 1. The Morgan fingerprint density at radius 1 is 1.44 bits per heavy atom. The van der Waals surface area contributed by atoms with Crippen LogP contribution in [0.2, 0.25) is 5.02 Å². The molecule has 0 spiro atoms. The first kappa shape index (κ1) is 11.6. The number of aromatic nitrogens is 2. The van der Waals surface area contributed by atoms with Crippen molar-refractivity contribution in [3.8, 4) is 0 Å². The Bertz CT molecular complexity index is 545. The molecule has 0 amide bonds. The summed E-state index contributed by atoms with van der Waals surface area (Å²) >= 11 is 6.01. The van der Waals surface area contributed by atoms with Crippen molar-refractivity contribution in [3.05, 3.63) is 47.2 Å². The van der Waals surface area contributed by atoms with E-state index in [0.717, 1.165) is 11.0 Å². The van der Waals surface area contributed by atoms with Gasteiger partial charge in [0.1, 0.15) is 0 Å². The Morgan fingerprint density at radius 3 is 3.00 bits per heavy atom. The number of imidazole rings is 1. The second-order valence-corrected chi connectivity index (χ2v) is 5.25. The molecule has 1 aromatic heterocycles. The van der Waals surface area contributed by atoms with Crippen LogP contribution in [0.4, 0.5) is 5.95 Å². The van der Waals surface area contributed by atoms with E-state index in [1.165, 1.54) is 18.4 Å². The van der Waals surface area contributed by atoms with Crippen LogP contribution in [0.5, 0.6) is 0 Å². The Hall–Kier alpha value is -1.48. The summed E-state index contributed by atoms with van der Waals surface area (Å²) in [4.78, 5) is 4.38. The second-order valence-electron chi connectivity index (χ2n) is 4.81. The Labute approximate surface area is 112 Å². The summed E-state index contributed by atoms with van der Waals surface area (Å²) < 4.78 is 2.22. The molecule has 1 atom stereocenters. The molecule has 1 aromatic carbocycles. The van der Waals surface area contributed by atoms with Crippen LogP contribution in [0, 0.1) is 0 Å². The molecule has 1 fully saturated rings. The van der Waals surface area contributed by atoms with E-state index in [1.807, 2.05) is 30.6 Å². The van der Waals surface area contributed by atoms with E-state index in [-0.39, 0.29) is 6.04 Å². The molecule has 0 radical (unpaired) electrons. The van der Waals surface area contributed by atoms with Crippen LogP contribution >= 0.6 is 11.6 Å². The standard InChI is InChI=1S/C14H16ClN3/c1-10(11-3-2-4-12(15)9-11)17-14-16-7-8-18(14)13-5-6-13/h2-4,7-10,13H,5-6H2,1H3,(H,16,17). The molecule has 94 valence electrons. The van der Waals surface area contributed by atoms with Gasteiger partial charge >= 0.3 is 0 Å². The molecular weight excluding hydrogens is 246 g/mol. The van der Waals surface area contributed by atoms with Crippen LogP contribution in [0.1, 0.15) is 37.4 Å². The molecule has 0 bridgehead atoms. The smallest absolute Gasteiger partial charge is 0.203 e. The zero-order valence-corrected chi connectivity index (χ0v) is 11.1. The normalized spacial score (nSPS) is 16.6. The summed E-state index contributed by atoms with van der Waals surface area (Å²) in [6, 6.07) is 8.77. The van der Waals surface area contributed by atoms with Gasteiger partial charge in [-0.3, -0.25) is 0 Å². The van der Waals surface area contributed by atoms with E-state index >= 15 is 0 Å². The minimum absolute atomic E-state index is 0.198. The number of nitrogens with one attached hydrogen (secondary N) is 1. The van der Waals surface area contributed by atoms with E-state index < -0.39 is 0 Å². The molecule has 2 aromatic rings. The molecule has 1 N–H and O–H groups in total. The van der Waals surface area contributed by atoms with Gasteiger partial charge in [-0.05, 0) is 37.5 Å². The van der Waals surface area contributed by atoms with E-state index in [1.54, 1.807) is 0 Å². The lowest BCUT2D eigenvalue weighted by atomic mass is 10.1. The third-order valence-corrected chi connectivity index (χ3v) is 3.54. The van der Waals surface area contributed by atoms with Crippen LogP contribution in [-0.2, 0) is 0 Å². The van der Waals surface area contributed by atoms with Crippen LogP contribution in [0.25, 0.3) is 0 Å². The summed E-state index contributed by atoms with van der Waals surface area (Å²) in [6.07, 6.45) is 6.42. The molecule has 3 rings (SSSR count). The van der Waals surface area contributed by atoms with Crippen molar-refractivity contribution >= 4 is 17.5 Å². The van der Waals surface area contributed by atoms with Crippen LogP contribution < -0.4 is 5.32 Å². The van der Waals surface area contributed by atoms with Gasteiger partial charge in [0.2, 0.25) is 5.95 Å². The van der Waals surface area contributed by atoms with Gasteiger partial charge < -0.3 is 9.88 Å². The average molecular weight is 262 g/mol. The predicted octanol–water partition coefficient (Wildman–Crippen LogP) is 4.04. The largest absolute Gasteiger partial charge is 0.349 e. The SMILES string of the molecule is CC(Nc1nccn1C1CC1)c1cccc(Cl)c1. The average Bonchev–Trinajstić information content (AvgIpc) is 3.10. The number of anilines is 1. The van der Waals surface area contributed by atoms with Crippen LogP contribution in [0.3, 0.4) is 0 Å². The Morgan fingerprint density at radius 2 is 2.28 bits per heavy atom. The summed E-state index contributed by atoms with van der Waals surface area (Å²) in [6.45, 7) is 2.12. The highest BCUT2D eigenvalue weighted by Gasteiger charge is 2.25. The summed E-state index contributed by atoms with van der Waals surface area (Å²) in [7, 11) is 0. The number of nitrogens with zero attached hydrogens (tertiary/aromatic N) is 2. The predicted molar refractivity (Wildman–Crippen MR) is 74.0 cm³/mol. The fraction of sp³-hybridized carbons (Fsp3) is 0.357. The third kappa shape index (κ3) is 2.36. The van der Waals surface area contributed by atoms with Gasteiger partial charge in [0.05, 0.1) is 6.04 Å². The molecule has 18 heavy (non-hydrogen) atoms. The highest BCUT2D eigenvalue weighted by atomic mass is 35.5. The lowest BCUT2D eigenvalue weighted by Gasteiger charge is -2.16. The Balaban J connectivity index is 1.77. The molecule has 0 aliphatic heterocycles. The topological polar surface area (TPSA) is 29.9 Å². The van der Waals surface area contributed by atoms with Crippen molar-refractivity contribution in [1.82, 2.24) is 9.55 Å². The Kier molecular flexibility index (Phi) is 3.00. The summed E-state index contributed by atoms with van der Waals surface area (Å²) in [5, 5.41) is 4.22. The quantitative estimate of drug-likeness (QED) is 0.900. The van der Waals surface area contributed by atoms with Crippen LogP contribution in [0.15, 0.2) is 36.7 Å². The highest BCUT2D eigenvalue weighted by molar-refractivity contribution is 6.30. The zero-order valence-electron chi connectivity index (χ0n) is 10.3. The number of hydrogen-bond acceptors (Lipinski definition) is 2. The van der Waals surface area contributed by atoms with E-state index in [0.29, 0.717) is 6.04 Å². The van der Waals surface area contributed by atoms with E-state index in [4.69, 9.17) is 11.6 Å². The van der Waals surface area contributed by atoms with Crippen molar-refractivity contribution < 1.29 is 0 Å². The monoisotopic (exact) mass is 261 g/mol. The molecular formula is C14H16ClN3. The lowest BCUT2D eigenvalue weighted by molar-refractivity contribution is 0.727. The molecule has 1 heterocycles. The van der Waals surface area contributed by atoms with Gasteiger partial charge in [-0.25, -0.2) is 4.98 Å². The summed E-state index contributed by atoms with van der Waals surface area (Å²) in [5.41, 5.74) is 1.17. The van der Waals surface area contributed by atoms with Crippen molar-refractivity contribution in [3.63, 3.8) is 0 Å². The van der Waals surface area contributed by atoms with Gasteiger partial charge in [-0.1, -0.05) is 23.7 Å². The van der Waals surface area contributed by atoms with Gasteiger partial charge in [-0.2, -0.15) is 0 Å². The molecule has 1 aliphatic rings. The highest BCUT2D eigenvalue weighted by Crippen LogP contribution is 2.37. The molecule has 4 heteroatoms. The van der Waals surface area contributed by atoms with E-state index in [2.05, 4.69) is 27.9 Å². The maximum atomic E-state index is 6.01. The van der Waals surface area contributed by atoms with Crippen molar-refractivity contribution in [2.45, 2.75) is 31.8 Å². The number of benzene rings is 1. The first-order valence-corrected chi connectivity index (χ1v) is 6.66. The van der Waals surface area contributed by atoms with Gasteiger partial charge in [-0.15, -0.1) is 0 Å². The zero-order chi connectivity index (χ0) is 12.5. The van der Waals surface area contributed by atoms with Crippen molar-refractivity contribution in [2.24, 2.45) is 0 Å². The maximum Gasteiger partial charge on any atom is 0.203 e. The molecule has 1 saturated carbocycles. The first-order chi connectivity index (χ1) is 8.74. The number of rotatable bonds is 4. The minimum atomic E-state index is 0.198. The first-order valence-electron chi connectivity index (χ1n) is 6.29. The third-order valence-electron chi connectivity index (χ3n) is 3.30. The molecule has 3 nitrogen and oxygen atoms in total. The minimum Gasteiger partial charge on any atom is -0.349 e. The van der Waals surface area contributed by atoms with Gasteiger partial charge in [0.15, 0.2) is 0 Å². The van der Waals surface area contributed by atoms with Gasteiger partial charge in [0, 0.05) is 23.5 Å². The van der Waals surface area contributed by atoms with E-state index in [9.17, 15) is 0 Å². The maximum absolute atomic E-state index is 6.01. The molecule has 1 aliphatic carbocycles. The van der Waals surface area contributed by atoms with Crippen molar-refractivity contribution in [1.29, 1.82) is 0 Å². The molecule has 1 unspecified atom stereocenters. The lowest BCUT2D eigenvalue weighted by Crippen LogP contribution is -2.11. The van der Waals surface area contributed by atoms with Gasteiger partial charge in [0.25, 0.3) is 0 Å². The molecule has 0 saturated heterocycles. The fourth-order valence-corrected chi connectivity index (χ4v) is 2.32. The van der Waals surface area contributed by atoms with Crippen molar-refractivity contribution in [2.75, 3.05) is 5.32 Å². The number of hydrogen-bond donors (Lipinski definition) is 1. The summed E-state index contributed by atoms with van der Waals surface area (Å²) in [5.74, 6) is 0.949.